The highest BCUT2D eigenvalue weighted by molar-refractivity contribution is 5.88. The van der Waals surface area contributed by atoms with Crippen LogP contribution in [-0.2, 0) is 11.7 Å². The number of benzene rings is 1. The smallest absolute Gasteiger partial charge is 0.407 e. The van der Waals surface area contributed by atoms with Crippen LogP contribution in [0.4, 0.5) is 22.1 Å². The van der Waals surface area contributed by atoms with Crippen LogP contribution in [0, 0.1) is 10.1 Å². The summed E-state index contributed by atoms with van der Waals surface area (Å²) in [5.74, 6) is 0.549. The van der Waals surface area contributed by atoms with Crippen LogP contribution in [0.2, 0.25) is 0 Å². The van der Waals surface area contributed by atoms with Crippen molar-refractivity contribution in [1.82, 2.24) is 24.4 Å². The molecule has 0 saturated heterocycles. The van der Waals surface area contributed by atoms with Gasteiger partial charge in [0.25, 0.3) is 5.69 Å². The number of hydrogen-bond donors (Lipinski definition) is 2. The van der Waals surface area contributed by atoms with Crippen LogP contribution in [0.25, 0.3) is 21.9 Å². The van der Waals surface area contributed by atoms with Gasteiger partial charge < -0.3 is 15.4 Å². The normalized spacial score (nSPS) is 19.2. The molecule has 180 valence electrons. The quantitative estimate of drug-likeness (QED) is 0.326. The summed E-state index contributed by atoms with van der Waals surface area (Å²) in [6.07, 6.45) is 2.26. The van der Waals surface area contributed by atoms with Gasteiger partial charge in [-0.25, -0.2) is 19.6 Å². The number of carbonyl (C=O) groups is 1. The molecule has 3 aromatic heterocycles. The molecular weight excluding hydrogens is 454 g/mol. The van der Waals surface area contributed by atoms with Gasteiger partial charge in [0, 0.05) is 40.7 Å². The Kier molecular flexibility index (Phi) is 4.70. The molecule has 1 aliphatic rings. The van der Waals surface area contributed by atoms with Crippen LogP contribution in [0.5, 0.6) is 0 Å². The first kappa shape index (κ1) is 18.9. The molecule has 1 aliphatic carbocycles. The average Bonchev–Trinajstić information content (AvgIpc) is 3.43. The maximum absolute atomic E-state index is 13.4. The summed E-state index contributed by atoms with van der Waals surface area (Å²) in [5.41, 5.74) is -0.174. The third-order valence-corrected chi connectivity index (χ3v) is 6.19. The van der Waals surface area contributed by atoms with Gasteiger partial charge in [0.05, 0.1) is 29.3 Å². The van der Waals surface area contributed by atoms with Gasteiger partial charge in [0.2, 0.25) is 0 Å². The van der Waals surface area contributed by atoms with E-state index in [1.165, 1.54) is 23.9 Å². The minimum atomic E-state index is -2.74. The first-order valence-electron chi connectivity index (χ1n) is 12.4. The maximum atomic E-state index is 13.4. The number of aryl methyl sites for hydroxylation is 1. The predicted molar refractivity (Wildman–Crippen MR) is 129 cm³/mol. The molecule has 2 atom stereocenters. The van der Waals surface area contributed by atoms with E-state index in [9.17, 15) is 19.7 Å². The third kappa shape index (κ3) is 4.03. The lowest BCUT2D eigenvalue weighted by Crippen LogP contribution is -2.33. The van der Waals surface area contributed by atoms with Crippen molar-refractivity contribution in [2.24, 2.45) is 6.98 Å². The zero-order chi connectivity index (χ0) is 27.2. The van der Waals surface area contributed by atoms with Crippen molar-refractivity contribution in [2.75, 3.05) is 12.4 Å². The Morgan fingerprint density at radius 3 is 2.89 bits per heavy atom. The lowest BCUT2D eigenvalue weighted by atomic mass is 10.2. The van der Waals surface area contributed by atoms with Crippen molar-refractivity contribution in [3.05, 3.63) is 63.2 Å². The summed E-state index contributed by atoms with van der Waals surface area (Å²) in [4.78, 5) is 44.6. The molecule has 4 aromatic rings. The van der Waals surface area contributed by atoms with Gasteiger partial charge in [0.15, 0.2) is 5.52 Å². The number of aromatic nitrogens is 4. The highest BCUT2D eigenvalue weighted by Gasteiger charge is 2.30. The Labute approximate surface area is 202 Å². The van der Waals surface area contributed by atoms with Gasteiger partial charge in [-0.3, -0.25) is 19.2 Å². The number of fused-ring (bicyclic) bond motifs is 2. The van der Waals surface area contributed by atoms with Crippen molar-refractivity contribution < 1.29 is 18.6 Å². The summed E-state index contributed by atoms with van der Waals surface area (Å²) in [6.45, 7) is -2.74. The number of nitro groups is 1. The number of pyridine rings is 2. The first-order chi connectivity index (χ1) is 18.1. The number of nitrogens with one attached hydrogen (secondary N) is 2. The fourth-order valence-electron chi connectivity index (χ4n) is 4.57. The Morgan fingerprint density at radius 1 is 1.26 bits per heavy atom. The summed E-state index contributed by atoms with van der Waals surface area (Å²) in [5, 5.41) is 17.7. The minimum Gasteiger partial charge on any atom is -0.453 e. The second-order valence-electron chi connectivity index (χ2n) is 8.27. The predicted octanol–water partition coefficient (Wildman–Crippen LogP) is 3.38. The van der Waals surface area contributed by atoms with Crippen LogP contribution in [0.3, 0.4) is 0 Å². The first-order valence-corrected chi connectivity index (χ1v) is 10.9. The number of ether oxygens (including phenoxy) is 1. The molecule has 5 rings (SSSR count). The fraction of sp³-hybridized carbons (Fsp3) is 0.304. The minimum absolute atomic E-state index is 0.132. The van der Waals surface area contributed by atoms with Crippen LogP contribution < -0.4 is 16.3 Å². The number of hydrogen-bond acceptors (Lipinski definition) is 8. The molecule has 0 radical (unpaired) electrons. The molecule has 1 fully saturated rings. The van der Waals surface area contributed by atoms with Crippen molar-refractivity contribution >= 4 is 45.4 Å². The van der Waals surface area contributed by atoms with Gasteiger partial charge in [-0.2, -0.15) is 0 Å². The molecule has 0 unspecified atom stereocenters. The van der Waals surface area contributed by atoms with Crippen LogP contribution in [0.15, 0.2) is 47.4 Å². The molecule has 1 saturated carbocycles. The van der Waals surface area contributed by atoms with E-state index in [4.69, 9.17) is 4.11 Å². The number of non-ortho nitro benzene ring substituents is 1. The number of anilines is 2. The molecule has 12 heteroatoms. The van der Waals surface area contributed by atoms with Crippen molar-refractivity contribution in [3.63, 3.8) is 0 Å². The molecule has 35 heavy (non-hydrogen) atoms. The number of imidazole rings is 1. The Morgan fingerprint density at radius 2 is 2.11 bits per heavy atom. The second-order valence-corrected chi connectivity index (χ2v) is 8.27. The topological polar surface area (TPSA) is 146 Å². The maximum Gasteiger partial charge on any atom is 0.407 e. The van der Waals surface area contributed by atoms with Crippen LogP contribution >= 0.6 is 0 Å². The molecule has 12 nitrogen and oxygen atoms in total. The van der Waals surface area contributed by atoms with E-state index in [0.29, 0.717) is 30.2 Å². The number of amides is 1. The van der Waals surface area contributed by atoms with Gasteiger partial charge in [-0.05, 0) is 31.4 Å². The summed E-state index contributed by atoms with van der Waals surface area (Å²) in [7, 11) is 1.26. The monoisotopic (exact) mass is 480 g/mol. The lowest BCUT2D eigenvalue weighted by Gasteiger charge is -2.14. The van der Waals surface area contributed by atoms with E-state index < -0.39 is 23.7 Å². The zero-order valence-corrected chi connectivity index (χ0v) is 18.6. The molecular formula is C23H23N7O5. The molecule has 1 aromatic carbocycles. The van der Waals surface area contributed by atoms with E-state index in [0.717, 1.165) is 4.57 Å². The number of para-hydroxylation sites is 1. The second kappa shape index (κ2) is 8.70. The van der Waals surface area contributed by atoms with Crippen molar-refractivity contribution in [3.8, 4) is 0 Å². The van der Waals surface area contributed by atoms with E-state index in [1.54, 1.807) is 30.3 Å². The Bertz CT molecular complexity index is 1630. The van der Waals surface area contributed by atoms with Crippen molar-refractivity contribution in [2.45, 2.75) is 31.3 Å². The molecule has 2 N–H and O–H groups in total. The van der Waals surface area contributed by atoms with Gasteiger partial charge in [-0.1, -0.05) is 12.1 Å². The zero-order valence-electron chi connectivity index (χ0n) is 21.6. The lowest BCUT2D eigenvalue weighted by molar-refractivity contribution is -0.383. The van der Waals surface area contributed by atoms with Crippen molar-refractivity contribution in [1.29, 1.82) is 0 Å². The number of methoxy groups -OCH3 is 1. The molecule has 0 spiro atoms. The number of nitro benzene ring substituents is 1. The third-order valence-electron chi connectivity index (χ3n) is 6.19. The summed E-state index contributed by atoms with van der Waals surface area (Å²) >= 11 is 0. The number of nitrogens with zero attached hydrogens (tertiary/aromatic N) is 5. The fourth-order valence-corrected chi connectivity index (χ4v) is 4.57. The number of alkyl carbamates (subject to hydrolysis) is 1. The van der Waals surface area contributed by atoms with E-state index in [2.05, 4.69) is 25.3 Å². The SMILES string of the molecule is [2H]C([2H])([2H])n1c(=O)n([C@@H]2CC[C@@H](NC(=O)OC)C2)c2cc(Nc3ccc4cccc([N+](=O)[O-])c4n3)ncc21. The number of carbonyl (C=O) groups excluding carboxylic acids is 1. The largest absolute Gasteiger partial charge is 0.453 e. The van der Waals surface area contributed by atoms with E-state index in [-0.39, 0.29) is 40.4 Å². The highest BCUT2D eigenvalue weighted by Crippen LogP contribution is 2.32. The standard InChI is InChI=1S/C23H23N7O5/c1-28-18-12-24-20(26-19-9-6-13-4-3-5-16(30(33)34)21(13)27-19)11-17(18)29(23(28)32)15-8-7-14(10-15)25-22(31)35-2/h3-6,9,11-12,14-15H,7-8,10H2,1-2H3,(H,25,31)(H,24,26,27)/t14-,15-/m1/s1/i1D3. The molecule has 1 amide bonds. The summed E-state index contributed by atoms with van der Waals surface area (Å²) < 4.78 is 30.5. The Hall–Kier alpha value is -4.48. The summed E-state index contributed by atoms with van der Waals surface area (Å²) in [6, 6.07) is 8.92. The van der Waals surface area contributed by atoms with Gasteiger partial charge in [-0.15, -0.1) is 0 Å². The Balaban J connectivity index is 1.55. The van der Waals surface area contributed by atoms with Crippen LogP contribution in [0.1, 0.15) is 29.4 Å². The highest BCUT2D eigenvalue weighted by atomic mass is 16.6. The number of rotatable bonds is 5. The molecule has 3 heterocycles. The average molecular weight is 480 g/mol. The van der Waals surface area contributed by atoms with Gasteiger partial charge >= 0.3 is 11.8 Å². The van der Waals surface area contributed by atoms with Gasteiger partial charge in [0.1, 0.15) is 11.6 Å². The van der Waals surface area contributed by atoms with E-state index >= 15 is 0 Å². The molecule has 0 aliphatic heterocycles. The molecule has 0 bridgehead atoms. The van der Waals surface area contributed by atoms with E-state index in [1.807, 2.05) is 0 Å². The van der Waals surface area contributed by atoms with Crippen LogP contribution in [-0.4, -0.2) is 43.3 Å².